The quantitative estimate of drug-likeness (QED) is 0.273. The van der Waals surface area contributed by atoms with E-state index in [0.29, 0.717) is 39.3 Å². The van der Waals surface area contributed by atoms with Gasteiger partial charge >= 0.3 is 5.56 Å². The number of carbonyl (C=O) groups is 1. The summed E-state index contributed by atoms with van der Waals surface area (Å²) in [5.74, 6) is -0.0336. The van der Waals surface area contributed by atoms with Gasteiger partial charge in [-0.25, -0.2) is 14.2 Å². The largest absolute Gasteiger partial charge is 0.301 e. The van der Waals surface area contributed by atoms with E-state index in [1.807, 2.05) is 60.7 Å². The zero-order valence-corrected chi connectivity index (χ0v) is 21.1. The van der Waals surface area contributed by atoms with E-state index >= 15 is 0 Å². The number of ketones is 1. The van der Waals surface area contributed by atoms with Gasteiger partial charge in [0.2, 0.25) is 0 Å². The second kappa shape index (κ2) is 9.75. The Kier molecular flexibility index (Phi) is 5.96. The number of aromatic nitrogens is 6. The molecule has 3 heterocycles. The summed E-state index contributed by atoms with van der Waals surface area (Å²) in [6.07, 6.45) is 1.52. The van der Waals surface area contributed by atoms with Gasteiger partial charge in [-0.1, -0.05) is 48.5 Å². The number of anilines is 1. The van der Waals surface area contributed by atoms with Crippen molar-refractivity contribution in [3.05, 3.63) is 118 Å². The molecule has 0 saturated heterocycles. The number of para-hydroxylation sites is 1. The molecule has 0 amide bonds. The van der Waals surface area contributed by atoms with Crippen molar-refractivity contribution in [2.45, 2.75) is 13.8 Å². The van der Waals surface area contributed by atoms with Crippen molar-refractivity contribution in [2.75, 3.05) is 5.43 Å². The van der Waals surface area contributed by atoms with E-state index in [4.69, 9.17) is 5.10 Å². The molecule has 1 N–H and O–H groups in total. The summed E-state index contributed by atoms with van der Waals surface area (Å²) in [6.45, 7) is 3.19. The Labute approximate surface area is 221 Å². The van der Waals surface area contributed by atoms with Crippen molar-refractivity contribution in [2.24, 2.45) is 5.10 Å². The number of hydrogen-bond acceptors (Lipinski definition) is 8. The van der Waals surface area contributed by atoms with E-state index in [1.54, 1.807) is 35.9 Å². The van der Waals surface area contributed by atoms with Crippen LogP contribution in [-0.2, 0) is 0 Å². The third-order valence-electron chi connectivity index (χ3n) is 6.24. The Hall–Kier alpha value is -5.51. The number of rotatable bonds is 5. The molecule has 39 heavy (non-hydrogen) atoms. The molecule has 0 unspecified atom stereocenters. The average Bonchev–Trinajstić information content (AvgIpc) is 3.30. The second-order valence-electron chi connectivity index (χ2n) is 8.88. The molecular weight excluding hydrogens is 492 g/mol. The van der Waals surface area contributed by atoms with Gasteiger partial charge in [-0.3, -0.25) is 15.0 Å². The number of carbonyl (C=O) groups excluding carboxylic acids is 1. The Balaban J connectivity index is 1.58. The molecule has 10 heteroatoms. The first-order valence-electron chi connectivity index (χ1n) is 12.2. The maximum atomic E-state index is 13.4. The molecule has 0 aliphatic carbocycles. The molecule has 6 rings (SSSR count). The smallest absolute Gasteiger partial charge is 0.295 e. The molecule has 6 aromatic rings. The second-order valence-corrected chi connectivity index (χ2v) is 8.88. The number of benzene rings is 3. The van der Waals surface area contributed by atoms with Crippen LogP contribution < -0.4 is 16.3 Å². The molecule has 3 aromatic carbocycles. The molecule has 3 aromatic heterocycles. The first-order chi connectivity index (χ1) is 19.0. The van der Waals surface area contributed by atoms with E-state index in [1.165, 1.54) is 17.8 Å². The minimum absolute atomic E-state index is 0.0336. The predicted molar refractivity (Wildman–Crippen MR) is 147 cm³/mol. The summed E-state index contributed by atoms with van der Waals surface area (Å²) in [4.78, 5) is 34.1. The lowest BCUT2D eigenvalue weighted by Gasteiger charge is -2.02. The third kappa shape index (κ3) is 4.44. The van der Waals surface area contributed by atoms with Crippen LogP contribution in [0.2, 0.25) is 0 Å². The van der Waals surface area contributed by atoms with Crippen LogP contribution in [0.15, 0.2) is 101 Å². The number of nitrogens with zero attached hydrogens (tertiary/aromatic N) is 7. The van der Waals surface area contributed by atoms with Gasteiger partial charge < -0.3 is 0 Å². The fourth-order valence-electron chi connectivity index (χ4n) is 4.28. The van der Waals surface area contributed by atoms with Crippen LogP contribution in [0.5, 0.6) is 0 Å². The Morgan fingerprint density at radius 2 is 1.56 bits per heavy atom. The van der Waals surface area contributed by atoms with Crippen LogP contribution in [0.1, 0.15) is 23.0 Å². The average molecular weight is 515 g/mol. The van der Waals surface area contributed by atoms with Gasteiger partial charge in [0.15, 0.2) is 22.4 Å². The van der Waals surface area contributed by atoms with E-state index < -0.39 is 5.56 Å². The molecule has 190 valence electrons. The van der Waals surface area contributed by atoms with Crippen LogP contribution in [0.4, 0.5) is 5.69 Å². The summed E-state index contributed by atoms with van der Waals surface area (Å²) in [7, 11) is 0. The predicted octanol–water partition coefficient (Wildman–Crippen LogP) is 3.93. The molecule has 0 fully saturated rings. The molecule has 10 nitrogen and oxygen atoms in total. The fourth-order valence-corrected chi connectivity index (χ4v) is 4.28. The van der Waals surface area contributed by atoms with Crippen molar-refractivity contribution >= 4 is 28.2 Å². The molecule has 0 radical (unpaired) electrons. The lowest BCUT2D eigenvalue weighted by molar-refractivity contribution is 0.101. The number of hydrogen-bond donors (Lipinski definition) is 1. The van der Waals surface area contributed by atoms with E-state index in [2.05, 4.69) is 25.6 Å². The van der Waals surface area contributed by atoms with E-state index in [9.17, 15) is 9.59 Å². The lowest BCUT2D eigenvalue weighted by atomic mass is 10.1. The molecule has 0 aliphatic rings. The fraction of sp³-hybridized carbons (Fsp3) is 0.0690. The number of Topliss-reactive ketones (excluding diaryl/α,β-unsaturated/α-hetero) is 1. The van der Waals surface area contributed by atoms with Gasteiger partial charge in [0.1, 0.15) is 12.0 Å². The van der Waals surface area contributed by atoms with Crippen LogP contribution in [0, 0.1) is 6.92 Å². The van der Waals surface area contributed by atoms with Crippen molar-refractivity contribution in [1.82, 2.24) is 29.4 Å². The maximum absolute atomic E-state index is 13.4. The maximum Gasteiger partial charge on any atom is 0.301 e. The Morgan fingerprint density at radius 1 is 0.872 bits per heavy atom. The highest BCUT2D eigenvalue weighted by molar-refractivity contribution is 6.01. The Bertz CT molecular complexity index is 1980. The number of nitrogens with one attached hydrogen (secondary N) is 1. The molecule has 0 aliphatic heterocycles. The summed E-state index contributed by atoms with van der Waals surface area (Å²) >= 11 is 0. The van der Waals surface area contributed by atoms with Gasteiger partial charge in [-0.05, 0) is 50.2 Å². The van der Waals surface area contributed by atoms with Crippen LogP contribution in [-0.4, -0.2) is 35.1 Å². The van der Waals surface area contributed by atoms with Gasteiger partial charge in [0.25, 0.3) is 0 Å². The normalized spacial score (nSPS) is 11.7. The summed E-state index contributed by atoms with van der Waals surface area (Å²) in [6, 6.07) is 26.1. The topological polar surface area (TPSA) is 119 Å². The molecule has 0 spiro atoms. The third-order valence-corrected chi connectivity index (χ3v) is 6.24. The highest BCUT2D eigenvalue weighted by atomic mass is 16.1. The first kappa shape index (κ1) is 23.9. The zero-order chi connectivity index (χ0) is 26.9. The highest BCUT2D eigenvalue weighted by Crippen LogP contribution is 2.30. The van der Waals surface area contributed by atoms with E-state index in [-0.39, 0.29) is 11.1 Å². The van der Waals surface area contributed by atoms with Gasteiger partial charge in [-0.2, -0.15) is 20.3 Å². The molecule has 0 bridgehead atoms. The van der Waals surface area contributed by atoms with Crippen molar-refractivity contribution < 1.29 is 4.79 Å². The van der Waals surface area contributed by atoms with Crippen LogP contribution in [0.25, 0.3) is 33.6 Å². The van der Waals surface area contributed by atoms with Crippen LogP contribution >= 0.6 is 0 Å². The first-order valence-corrected chi connectivity index (χ1v) is 12.2. The Morgan fingerprint density at radius 3 is 2.26 bits per heavy atom. The van der Waals surface area contributed by atoms with Crippen molar-refractivity contribution in [3.63, 3.8) is 0 Å². The van der Waals surface area contributed by atoms with E-state index in [0.717, 1.165) is 11.3 Å². The van der Waals surface area contributed by atoms with Crippen LogP contribution in [0.3, 0.4) is 0 Å². The summed E-state index contributed by atoms with van der Waals surface area (Å²) < 4.78 is 3.21. The van der Waals surface area contributed by atoms with Gasteiger partial charge in [0, 0.05) is 11.1 Å². The SMILES string of the molecule is CC(=O)c1ccc(N/N=c2/c(C)nn3cnc4c(c(-c5ccccc5)nn4-c4ccccc4)c3nc2=O)cc1. The minimum atomic E-state index is -0.561. The summed E-state index contributed by atoms with van der Waals surface area (Å²) in [5.41, 5.74) is 7.01. The standard InChI is InChI=1S/C29H22N8O2/c1-18-25(33-32-22-15-13-20(14-16-22)19(2)38)29(39)31-28-24-26(21-9-5-3-6-10-21)35-37(23-11-7-4-8-12-23)27(24)30-17-36(28)34-18/h3-17,32H,1-2H3/b33-25-. The van der Waals surface area contributed by atoms with Crippen molar-refractivity contribution in [3.8, 4) is 16.9 Å². The minimum Gasteiger partial charge on any atom is -0.295 e. The lowest BCUT2D eigenvalue weighted by Crippen LogP contribution is -2.29. The summed E-state index contributed by atoms with van der Waals surface area (Å²) in [5, 5.41) is 14.4. The monoisotopic (exact) mass is 514 g/mol. The molecule has 0 atom stereocenters. The van der Waals surface area contributed by atoms with Gasteiger partial charge in [-0.15, -0.1) is 0 Å². The van der Waals surface area contributed by atoms with Gasteiger partial charge in [0.05, 0.1) is 22.5 Å². The zero-order valence-electron chi connectivity index (χ0n) is 21.1. The van der Waals surface area contributed by atoms with Crippen molar-refractivity contribution in [1.29, 1.82) is 0 Å². The molecule has 0 saturated carbocycles. The number of aryl methyl sites for hydroxylation is 1. The number of fused-ring (bicyclic) bond motifs is 3. The molecular formula is C29H22N8O2. The highest BCUT2D eigenvalue weighted by Gasteiger charge is 2.19.